The second-order valence-corrected chi connectivity index (χ2v) is 4.44. The van der Waals surface area contributed by atoms with E-state index < -0.39 is 0 Å². The molecule has 0 aliphatic carbocycles. The summed E-state index contributed by atoms with van der Waals surface area (Å²) in [5.74, 6) is 0.122. The van der Waals surface area contributed by atoms with Crippen LogP contribution in [0.2, 0.25) is 0 Å². The van der Waals surface area contributed by atoms with E-state index in [2.05, 4.69) is 5.32 Å². The summed E-state index contributed by atoms with van der Waals surface area (Å²) in [5, 5.41) is 2.89. The van der Waals surface area contributed by atoms with Crippen molar-refractivity contribution in [2.75, 3.05) is 0 Å². The van der Waals surface area contributed by atoms with Gasteiger partial charge in [-0.05, 0) is 30.5 Å². The van der Waals surface area contributed by atoms with Crippen molar-refractivity contribution in [3.05, 3.63) is 35.6 Å². The van der Waals surface area contributed by atoms with Gasteiger partial charge in [0, 0.05) is 6.42 Å². The SMILES string of the molecule is CC(C)CC(=O)NC(C)c1ccc(F)cc1. The Morgan fingerprint density at radius 3 is 2.31 bits per heavy atom. The van der Waals surface area contributed by atoms with Gasteiger partial charge in [0.2, 0.25) is 5.91 Å². The number of nitrogens with one attached hydrogen (secondary N) is 1. The first-order valence-corrected chi connectivity index (χ1v) is 5.54. The Bertz CT molecular complexity index is 345. The quantitative estimate of drug-likeness (QED) is 0.835. The molecule has 0 fully saturated rings. The average Bonchev–Trinajstić information content (AvgIpc) is 2.16. The van der Waals surface area contributed by atoms with Gasteiger partial charge in [-0.3, -0.25) is 4.79 Å². The van der Waals surface area contributed by atoms with Gasteiger partial charge in [0.25, 0.3) is 0 Å². The number of carbonyl (C=O) groups excluding carboxylic acids is 1. The van der Waals surface area contributed by atoms with Gasteiger partial charge in [0.15, 0.2) is 0 Å². The third kappa shape index (κ3) is 4.01. The van der Waals surface area contributed by atoms with E-state index in [1.165, 1.54) is 12.1 Å². The molecule has 1 aromatic carbocycles. The molecule has 1 atom stereocenters. The molecule has 1 rings (SSSR count). The molecular formula is C13H18FNO. The van der Waals surface area contributed by atoms with Crippen molar-refractivity contribution in [3.63, 3.8) is 0 Å². The molecule has 0 aliphatic heterocycles. The smallest absolute Gasteiger partial charge is 0.220 e. The predicted octanol–water partition coefficient (Wildman–Crippen LogP) is 3.05. The molecule has 16 heavy (non-hydrogen) atoms. The fraction of sp³-hybridized carbons (Fsp3) is 0.462. The largest absolute Gasteiger partial charge is 0.350 e. The second-order valence-electron chi connectivity index (χ2n) is 4.44. The zero-order valence-electron chi connectivity index (χ0n) is 9.96. The Hall–Kier alpha value is -1.38. The molecule has 0 spiro atoms. The lowest BCUT2D eigenvalue weighted by Gasteiger charge is -2.15. The number of hydrogen-bond acceptors (Lipinski definition) is 1. The Morgan fingerprint density at radius 2 is 1.81 bits per heavy atom. The lowest BCUT2D eigenvalue weighted by atomic mass is 10.1. The first-order valence-electron chi connectivity index (χ1n) is 5.54. The molecule has 0 radical (unpaired) electrons. The maximum absolute atomic E-state index is 12.7. The molecule has 88 valence electrons. The normalized spacial score (nSPS) is 12.6. The van der Waals surface area contributed by atoms with E-state index in [9.17, 15) is 9.18 Å². The van der Waals surface area contributed by atoms with E-state index in [0.29, 0.717) is 12.3 Å². The van der Waals surface area contributed by atoms with Gasteiger partial charge in [0.1, 0.15) is 5.82 Å². The molecule has 1 unspecified atom stereocenters. The minimum absolute atomic E-state index is 0.0341. The molecule has 0 aromatic heterocycles. The summed E-state index contributed by atoms with van der Waals surface area (Å²) in [6.45, 7) is 5.90. The Morgan fingerprint density at radius 1 is 1.25 bits per heavy atom. The molecule has 2 nitrogen and oxygen atoms in total. The molecule has 1 aromatic rings. The predicted molar refractivity (Wildman–Crippen MR) is 62.4 cm³/mol. The second kappa shape index (κ2) is 5.64. The topological polar surface area (TPSA) is 29.1 Å². The number of benzene rings is 1. The van der Waals surface area contributed by atoms with Crippen LogP contribution >= 0.6 is 0 Å². The Labute approximate surface area is 95.9 Å². The van der Waals surface area contributed by atoms with Gasteiger partial charge in [-0.15, -0.1) is 0 Å². The molecule has 1 N–H and O–H groups in total. The fourth-order valence-corrected chi connectivity index (χ4v) is 1.51. The van der Waals surface area contributed by atoms with E-state index >= 15 is 0 Å². The van der Waals surface area contributed by atoms with Crippen LogP contribution in [-0.2, 0) is 4.79 Å². The summed E-state index contributed by atoms with van der Waals surface area (Å²) < 4.78 is 12.7. The van der Waals surface area contributed by atoms with Crippen molar-refractivity contribution in [3.8, 4) is 0 Å². The van der Waals surface area contributed by atoms with E-state index in [-0.39, 0.29) is 17.8 Å². The molecular weight excluding hydrogens is 205 g/mol. The summed E-state index contributed by atoms with van der Waals surface area (Å²) in [4.78, 5) is 11.5. The summed E-state index contributed by atoms with van der Waals surface area (Å²) in [7, 11) is 0. The number of carbonyl (C=O) groups is 1. The zero-order chi connectivity index (χ0) is 12.1. The van der Waals surface area contributed by atoms with Crippen molar-refractivity contribution in [1.82, 2.24) is 5.32 Å². The summed E-state index contributed by atoms with van der Waals surface area (Å²) >= 11 is 0. The third-order valence-electron chi connectivity index (χ3n) is 2.34. The van der Waals surface area contributed by atoms with Crippen LogP contribution in [0, 0.1) is 11.7 Å². The number of hydrogen-bond donors (Lipinski definition) is 1. The fourth-order valence-electron chi connectivity index (χ4n) is 1.51. The van der Waals surface area contributed by atoms with Crippen LogP contribution in [0.4, 0.5) is 4.39 Å². The van der Waals surface area contributed by atoms with Crippen LogP contribution in [-0.4, -0.2) is 5.91 Å². The highest BCUT2D eigenvalue weighted by Crippen LogP contribution is 2.13. The van der Waals surface area contributed by atoms with Crippen molar-refractivity contribution < 1.29 is 9.18 Å². The van der Waals surface area contributed by atoms with E-state index in [1.807, 2.05) is 20.8 Å². The first-order chi connectivity index (χ1) is 7.49. The summed E-state index contributed by atoms with van der Waals surface area (Å²) in [6, 6.07) is 6.11. The lowest BCUT2D eigenvalue weighted by Crippen LogP contribution is -2.27. The van der Waals surface area contributed by atoms with E-state index in [4.69, 9.17) is 0 Å². The molecule has 0 heterocycles. The highest BCUT2D eigenvalue weighted by molar-refractivity contribution is 5.76. The van der Waals surface area contributed by atoms with E-state index in [0.717, 1.165) is 5.56 Å². The van der Waals surface area contributed by atoms with Crippen molar-refractivity contribution in [2.45, 2.75) is 33.2 Å². The van der Waals surface area contributed by atoms with Crippen LogP contribution in [0.15, 0.2) is 24.3 Å². The lowest BCUT2D eigenvalue weighted by molar-refractivity contribution is -0.122. The summed E-state index contributed by atoms with van der Waals surface area (Å²) in [5.41, 5.74) is 0.915. The van der Waals surface area contributed by atoms with Gasteiger partial charge in [-0.2, -0.15) is 0 Å². The van der Waals surface area contributed by atoms with Gasteiger partial charge >= 0.3 is 0 Å². The van der Waals surface area contributed by atoms with Crippen molar-refractivity contribution >= 4 is 5.91 Å². The molecule has 0 saturated carbocycles. The minimum Gasteiger partial charge on any atom is -0.350 e. The highest BCUT2D eigenvalue weighted by Gasteiger charge is 2.10. The standard InChI is InChI=1S/C13H18FNO/c1-9(2)8-13(16)15-10(3)11-4-6-12(14)7-5-11/h4-7,9-10H,8H2,1-3H3,(H,15,16). The number of halogens is 1. The highest BCUT2D eigenvalue weighted by atomic mass is 19.1. The molecule has 0 bridgehead atoms. The zero-order valence-corrected chi connectivity index (χ0v) is 9.96. The molecule has 0 aliphatic rings. The first kappa shape index (κ1) is 12.7. The van der Waals surface area contributed by atoms with Gasteiger partial charge in [-0.25, -0.2) is 4.39 Å². The minimum atomic E-state index is -0.260. The third-order valence-corrected chi connectivity index (χ3v) is 2.34. The average molecular weight is 223 g/mol. The van der Waals surface area contributed by atoms with Gasteiger partial charge in [-0.1, -0.05) is 26.0 Å². The molecule has 0 saturated heterocycles. The number of rotatable bonds is 4. The Kier molecular flexibility index (Phi) is 4.47. The maximum Gasteiger partial charge on any atom is 0.220 e. The maximum atomic E-state index is 12.7. The Balaban J connectivity index is 2.55. The van der Waals surface area contributed by atoms with Crippen molar-refractivity contribution in [2.24, 2.45) is 5.92 Å². The monoisotopic (exact) mass is 223 g/mol. The van der Waals surface area contributed by atoms with E-state index in [1.54, 1.807) is 12.1 Å². The summed E-state index contributed by atoms with van der Waals surface area (Å²) in [6.07, 6.45) is 0.519. The van der Waals surface area contributed by atoms with Crippen LogP contribution in [0.3, 0.4) is 0 Å². The van der Waals surface area contributed by atoms with Crippen LogP contribution in [0.1, 0.15) is 38.8 Å². The van der Waals surface area contributed by atoms with Crippen LogP contribution < -0.4 is 5.32 Å². The molecule has 1 amide bonds. The van der Waals surface area contributed by atoms with Crippen LogP contribution in [0.25, 0.3) is 0 Å². The molecule has 3 heteroatoms. The van der Waals surface area contributed by atoms with Crippen molar-refractivity contribution in [1.29, 1.82) is 0 Å². The van der Waals surface area contributed by atoms with Gasteiger partial charge < -0.3 is 5.32 Å². The van der Waals surface area contributed by atoms with Crippen LogP contribution in [0.5, 0.6) is 0 Å². The number of amides is 1. The van der Waals surface area contributed by atoms with Gasteiger partial charge in [0.05, 0.1) is 6.04 Å².